The highest BCUT2D eigenvalue weighted by Gasteiger charge is 2.18. The van der Waals surface area contributed by atoms with Gasteiger partial charge in [-0.2, -0.15) is 5.10 Å². The van der Waals surface area contributed by atoms with Crippen LogP contribution >= 0.6 is 0 Å². The number of benzene rings is 1. The Balaban J connectivity index is 2.34. The minimum atomic E-state index is -0.562. The number of rotatable bonds is 4. The molecule has 0 amide bonds. The Morgan fingerprint density at radius 2 is 2.11 bits per heavy atom. The fourth-order valence-electron chi connectivity index (χ4n) is 1.55. The van der Waals surface area contributed by atoms with Gasteiger partial charge >= 0.3 is 5.69 Å². The molecule has 1 heterocycles. The SMILES string of the molecule is CCOc1ccc(-n2ncc([N+](=O)[O-])c2N)cc1. The number of nitrogen functional groups attached to an aromatic ring is 1. The monoisotopic (exact) mass is 248 g/mol. The molecular weight excluding hydrogens is 236 g/mol. The van der Waals surface area contributed by atoms with E-state index in [9.17, 15) is 10.1 Å². The molecule has 2 aromatic rings. The molecule has 0 spiro atoms. The standard InChI is InChI=1S/C11H12N4O3/c1-2-18-9-5-3-8(4-6-9)14-11(12)10(7-13-14)15(16)17/h3-7H,2,12H2,1H3. The lowest BCUT2D eigenvalue weighted by molar-refractivity contribution is -0.383. The van der Waals surface area contributed by atoms with Crippen molar-refractivity contribution in [2.45, 2.75) is 6.92 Å². The van der Waals surface area contributed by atoms with Crippen LogP contribution in [0.15, 0.2) is 30.5 Å². The van der Waals surface area contributed by atoms with Crippen LogP contribution < -0.4 is 10.5 Å². The fourth-order valence-corrected chi connectivity index (χ4v) is 1.55. The van der Waals surface area contributed by atoms with Crippen molar-refractivity contribution in [3.05, 3.63) is 40.6 Å². The molecule has 0 bridgehead atoms. The minimum absolute atomic E-state index is 0.00385. The Kier molecular flexibility index (Phi) is 3.13. The van der Waals surface area contributed by atoms with E-state index in [-0.39, 0.29) is 11.5 Å². The molecule has 0 aliphatic rings. The van der Waals surface area contributed by atoms with Crippen LogP contribution in [0.25, 0.3) is 5.69 Å². The molecule has 0 saturated heterocycles. The molecule has 0 aliphatic carbocycles. The summed E-state index contributed by atoms with van der Waals surface area (Å²) < 4.78 is 6.61. The van der Waals surface area contributed by atoms with Crippen molar-refractivity contribution in [1.29, 1.82) is 0 Å². The number of aromatic nitrogens is 2. The van der Waals surface area contributed by atoms with Crippen LogP contribution in [0.4, 0.5) is 11.5 Å². The van der Waals surface area contributed by atoms with Gasteiger partial charge in [0.05, 0.1) is 17.2 Å². The number of hydrogen-bond donors (Lipinski definition) is 1. The Morgan fingerprint density at radius 1 is 1.44 bits per heavy atom. The minimum Gasteiger partial charge on any atom is -0.494 e. The largest absolute Gasteiger partial charge is 0.494 e. The Labute approximate surface area is 103 Å². The van der Waals surface area contributed by atoms with Crippen molar-refractivity contribution >= 4 is 11.5 Å². The summed E-state index contributed by atoms with van der Waals surface area (Å²) in [5.41, 5.74) is 6.10. The van der Waals surface area contributed by atoms with E-state index in [1.54, 1.807) is 24.3 Å². The molecule has 0 atom stereocenters. The van der Waals surface area contributed by atoms with Crippen molar-refractivity contribution in [2.75, 3.05) is 12.3 Å². The lowest BCUT2D eigenvalue weighted by atomic mass is 10.3. The third kappa shape index (κ3) is 2.10. The topological polar surface area (TPSA) is 96.2 Å². The van der Waals surface area contributed by atoms with Crippen LogP contribution in [0.1, 0.15) is 6.92 Å². The molecule has 0 unspecified atom stereocenters. The lowest BCUT2D eigenvalue weighted by Crippen LogP contribution is -2.03. The van der Waals surface area contributed by atoms with Crippen molar-refractivity contribution in [2.24, 2.45) is 0 Å². The number of anilines is 1. The molecule has 1 aromatic heterocycles. The van der Waals surface area contributed by atoms with Crippen LogP contribution in [-0.4, -0.2) is 21.3 Å². The zero-order valence-electron chi connectivity index (χ0n) is 9.74. The van der Waals surface area contributed by atoms with Gasteiger partial charge in [0.1, 0.15) is 11.9 Å². The average Bonchev–Trinajstić information content (AvgIpc) is 2.73. The summed E-state index contributed by atoms with van der Waals surface area (Å²) in [6.07, 6.45) is 1.13. The number of nitro groups is 1. The number of ether oxygens (including phenoxy) is 1. The maximum Gasteiger partial charge on any atom is 0.331 e. The van der Waals surface area contributed by atoms with Crippen molar-refractivity contribution < 1.29 is 9.66 Å². The summed E-state index contributed by atoms with van der Waals surface area (Å²) in [7, 11) is 0. The molecule has 7 nitrogen and oxygen atoms in total. The van der Waals surface area contributed by atoms with E-state index in [1.807, 2.05) is 6.92 Å². The Hall–Kier alpha value is -2.57. The van der Waals surface area contributed by atoms with Crippen LogP contribution in [0.2, 0.25) is 0 Å². The molecule has 0 radical (unpaired) electrons. The summed E-state index contributed by atoms with van der Waals surface area (Å²) in [6, 6.07) is 6.98. The average molecular weight is 248 g/mol. The van der Waals surface area contributed by atoms with Crippen molar-refractivity contribution in [3.8, 4) is 11.4 Å². The molecule has 1 aromatic carbocycles. The molecule has 0 aliphatic heterocycles. The fraction of sp³-hybridized carbons (Fsp3) is 0.182. The summed E-state index contributed by atoms with van der Waals surface area (Å²) in [5.74, 6) is 0.727. The van der Waals surface area contributed by atoms with Gasteiger partial charge in [0.25, 0.3) is 0 Å². The summed E-state index contributed by atoms with van der Waals surface area (Å²) in [5, 5.41) is 14.5. The van der Waals surface area contributed by atoms with E-state index in [4.69, 9.17) is 10.5 Å². The maximum absolute atomic E-state index is 10.7. The highest BCUT2D eigenvalue weighted by atomic mass is 16.6. The molecule has 18 heavy (non-hydrogen) atoms. The van der Waals surface area contributed by atoms with Crippen molar-refractivity contribution in [1.82, 2.24) is 9.78 Å². The Morgan fingerprint density at radius 3 is 2.61 bits per heavy atom. The third-order valence-electron chi connectivity index (χ3n) is 2.38. The van der Waals surface area contributed by atoms with E-state index in [0.29, 0.717) is 12.3 Å². The Bertz CT molecular complexity index is 562. The van der Waals surface area contributed by atoms with Gasteiger partial charge in [-0.25, -0.2) is 4.68 Å². The summed E-state index contributed by atoms with van der Waals surface area (Å²) >= 11 is 0. The summed E-state index contributed by atoms with van der Waals surface area (Å²) in [6.45, 7) is 2.47. The predicted molar refractivity (Wildman–Crippen MR) is 65.8 cm³/mol. The lowest BCUT2D eigenvalue weighted by Gasteiger charge is -2.05. The van der Waals surface area contributed by atoms with E-state index >= 15 is 0 Å². The quantitative estimate of drug-likeness (QED) is 0.656. The molecule has 0 fully saturated rings. The van der Waals surface area contributed by atoms with Crippen LogP contribution in [-0.2, 0) is 0 Å². The zero-order valence-corrected chi connectivity index (χ0v) is 9.74. The molecule has 2 N–H and O–H groups in total. The van der Waals surface area contributed by atoms with E-state index < -0.39 is 4.92 Å². The van der Waals surface area contributed by atoms with Crippen LogP contribution in [0.5, 0.6) is 5.75 Å². The smallest absolute Gasteiger partial charge is 0.331 e. The number of nitrogens with two attached hydrogens (primary N) is 1. The second-order valence-electron chi connectivity index (χ2n) is 3.51. The van der Waals surface area contributed by atoms with Gasteiger partial charge in [0.2, 0.25) is 5.82 Å². The van der Waals surface area contributed by atoms with Crippen LogP contribution in [0.3, 0.4) is 0 Å². The third-order valence-corrected chi connectivity index (χ3v) is 2.38. The van der Waals surface area contributed by atoms with Gasteiger partial charge in [0, 0.05) is 0 Å². The number of hydrogen-bond acceptors (Lipinski definition) is 5. The second-order valence-corrected chi connectivity index (χ2v) is 3.51. The predicted octanol–water partition coefficient (Wildman–Crippen LogP) is 1.76. The number of nitrogens with zero attached hydrogens (tertiary/aromatic N) is 3. The first-order chi connectivity index (χ1) is 8.63. The van der Waals surface area contributed by atoms with Gasteiger partial charge in [-0.3, -0.25) is 10.1 Å². The van der Waals surface area contributed by atoms with E-state index in [0.717, 1.165) is 11.9 Å². The highest BCUT2D eigenvalue weighted by Crippen LogP contribution is 2.24. The second kappa shape index (κ2) is 4.74. The highest BCUT2D eigenvalue weighted by molar-refractivity contribution is 5.56. The van der Waals surface area contributed by atoms with Gasteiger partial charge in [0.15, 0.2) is 0 Å². The first-order valence-corrected chi connectivity index (χ1v) is 5.34. The van der Waals surface area contributed by atoms with E-state index in [2.05, 4.69) is 5.10 Å². The van der Waals surface area contributed by atoms with Gasteiger partial charge < -0.3 is 10.5 Å². The molecule has 0 saturated carbocycles. The first-order valence-electron chi connectivity index (χ1n) is 5.34. The summed E-state index contributed by atoms with van der Waals surface area (Å²) in [4.78, 5) is 10.1. The molecule has 94 valence electrons. The van der Waals surface area contributed by atoms with Crippen LogP contribution in [0, 0.1) is 10.1 Å². The van der Waals surface area contributed by atoms with Crippen molar-refractivity contribution in [3.63, 3.8) is 0 Å². The van der Waals surface area contributed by atoms with Gasteiger partial charge in [-0.05, 0) is 31.2 Å². The molecule has 2 rings (SSSR count). The molecular formula is C11H12N4O3. The first kappa shape index (κ1) is 11.9. The zero-order chi connectivity index (χ0) is 13.1. The normalized spacial score (nSPS) is 10.3. The van der Waals surface area contributed by atoms with Gasteiger partial charge in [-0.15, -0.1) is 0 Å². The molecule has 7 heteroatoms. The van der Waals surface area contributed by atoms with Gasteiger partial charge in [-0.1, -0.05) is 0 Å². The van der Waals surface area contributed by atoms with E-state index in [1.165, 1.54) is 4.68 Å². The maximum atomic E-state index is 10.7.